The number of alkyl carbamates (subject to hydrolysis) is 1. The second kappa shape index (κ2) is 13.3. The van der Waals surface area contributed by atoms with Crippen molar-refractivity contribution < 1.29 is 38.2 Å². The van der Waals surface area contributed by atoms with E-state index >= 15 is 0 Å². The highest BCUT2D eigenvalue weighted by Crippen LogP contribution is 2.65. The molecule has 0 radical (unpaired) electrons. The van der Waals surface area contributed by atoms with Gasteiger partial charge in [-0.1, -0.05) is 40.7 Å². The summed E-state index contributed by atoms with van der Waals surface area (Å²) < 4.78 is 10.6. The van der Waals surface area contributed by atoms with Crippen LogP contribution in [0.25, 0.3) is 0 Å². The predicted molar refractivity (Wildman–Crippen MR) is 164 cm³/mol. The lowest BCUT2D eigenvalue weighted by molar-refractivity contribution is -0.154. The molecule has 12 nitrogen and oxygen atoms in total. The fraction of sp³-hybridized carbons (Fsp3) is 0.750. The van der Waals surface area contributed by atoms with E-state index in [0.717, 1.165) is 0 Å². The van der Waals surface area contributed by atoms with E-state index in [1.807, 2.05) is 34.6 Å². The van der Waals surface area contributed by atoms with Crippen LogP contribution in [-0.2, 0) is 33.4 Å². The minimum atomic E-state index is -1.22. The van der Waals surface area contributed by atoms with Crippen LogP contribution in [0.3, 0.4) is 0 Å². The molecule has 0 aromatic rings. The zero-order valence-electron chi connectivity index (χ0n) is 28.2. The molecule has 1 aliphatic heterocycles. The number of rotatable bonds is 11. The second-order valence-corrected chi connectivity index (χ2v) is 15.4. The Labute approximate surface area is 261 Å². The molecule has 0 spiro atoms. The van der Waals surface area contributed by atoms with E-state index in [9.17, 15) is 28.8 Å². The summed E-state index contributed by atoms with van der Waals surface area (Å²) in [5.41, 5.74) is -2.38. The van der Waals surface area contributed by atoms with Crippen LogP contribution in [-0.4, -0.2) is 82.9 Å². The number of ether oxygens (including phenoxy) is 2. The molecule has 2 rings (SSSR count). The Morgan fingerprint density at radius 1 is 0.932 bits per heavy atom. The Morgan fingerprint density at radius 2 is 1.50 bits per heavy atom. The standard InChI is InChI=1S/C32H52N4O8/c1-13-14-19(23(38)26(40)33-16-15-20(37)43-30(5,6)7)34-25(39)22-21-18(32(21,11)12)17-36(22)27(41)24(29(2,3)4)35-28(42)44-31(8,9)10/h13,18-19,21-22,24H,1,14-17H2,2-12H3,(H,33,40)(H,34,39)(H,35,42)/t18-,19?,21-,22-,24+/m0/s1. The fourth-order valence-corrected chi connectivity index (χ4v) is 5.62. The van der Waals surface area contributed by atoms with Gasteiger partial charge in [0.2, 0.25) is 17.6 Å². The van der Waals surface area contributed by atoms with Crippen molar-refractivity contribution in [1.29, 1.82) is 0 Å². The molecule has 0 aromatic carbocycles. The molecule has 2 aliphatic rings. The molecule has 1 heterocycles. The molecular weight excluding hydrogens is 568 g/mol. The molecule has 1 aliphatic carbocycles. The largest absolute Gasteiger partial charge is 0.460 e. The van der Waals surface area contributed by atoms with Crippen LogP contribution in [0.5, 0.6) is 0 Å². The Kier molecular flexibility index (Phi) is 11.1. The Bertz CT molecular complexity index is 1160. The summed E-state index contributed by atoms with van der Waals surface area (Å²) in [4.78, 5) is 79.6. The molecular formula is C32H52N4O8. The first kappa shape index (κ1) is 36.8. The minimum absolute atomic E-state index is 0.0208. The first-order valence-corrected chi connectivity index (χ1v) is 15.2. The number of Topliss-reactive ketones (excluding diaryl/α,β-unsaturated/α-hetero) is 1. The number of esters is 1. The SMILES string of the molecule is C=CCC(NC(=O)[C@@H]1[C@@H]2[C@H](CN1C(=O)[C@@H](NC(=O)OC(C)(C)C)C(C)(C)C)C2(C)C)C(=O)C(=O)NCCC(=O)OC(C)(C)C. The van der Waals surface area contributed by atoms with Crippen molar-refractivity contribution in [2.75, 3.05) is 13.1 Å². The van der Waals surface area contributed by atoms with Crippen LogP contribution in [0.4, 0.5) is 4.79 Å². The molecule has 3 N–H and O–H groups in total. The summed E-state index contributed by atoms with van der Waals surface area (Å²) in [6.45, 7) is 23.6. The van der Waals surface area contributed by atoms with Gasteiger partial charge in [0.15, 0.2) is 0 Å². The van der Waals surface area contributed by atoms with Gasteiger partial charge in [0.25, 0.3) is 5.91 Å². The molecule has 1 unspecified atom stereocenters. The van der Waals surface area contributed by atoms with Gasteiger partial charge in [0.1, 0.15) is 29.3 Å². The summed E-state index contributed by atoms with van der Waals surface area (Å²) in [5.74, 6) is -3.50. The van der Waals surface area contributed by atoms with Crippen molar-refractivity contribution in [3.8, 4) is 0 Å². The van der Waals surface area contributed by atoms with E-state index in [1.165, 1.54) is 11.0 Å². The number of hydrogen-bond acceptors (Lipinski definition) is 8. The number of hydrogen-bond donors (Lipinski definition) is 3. The average Bonchev–Trinajstić information content (AvgIpc) is 3.17. The highest BCUT2D eigenvalue weighted by molar-refractivity contribution is 6.38. The molecule has 248 valence electrons. The lowest BCUT2D eigenvalue weighted by Gasteiger charge is -2.38. The summed E-state index contributed by atoms with van der Waals surface area (Å²) in [6, 6.07) is -3.13. The maximum Gasteiger partial charge on any atom is 0.408 e. The molecule has 2 fully saturated rings. The van der Waals surface area contributed by atoms with Gasteiger partial charge in [-0.05, 0) is 70.6 Å². The first-order chi connectivity index (χ1) is 19.9. The number of fused-ring (bicyclic) bond motifs is 1. The number of ketones is 1. The molecule has 1 saturated heterocycles. The summed E-state index contributed by atoms with van der Waals surface area (Å²) in [5, 5.41) is 7.79. The van der Waals surface area contributed by atoms with Crippen molar-refractivity contribution in [3.05, 3.63) is 12.7 Å². The van der Waals surface area contributed by atoms with Crippen LogP contribution >= 0.6 is 0 Å². The summed E-state index contributed by atoms with van der Waals surface area (Å²) in [7, 11) is 0. The smallest absolute Gasteiger partial charge is 0.408 e. The molecule has 4 amide bonds. The van der Waals surface area contributed by atoms with Gasteiger partial charge in [-0.3, -0.25) is 24.0 Å². The predicted octanol–water partition coefficient (Wildman–Crippen LogP) is 2.89. The van der Waals surface area contributed by atoms with Gasteiger partial charge in [0, 0.05) is 13.1 Å². The van der Waals surface area contributed by atoms with Gasteiger partial charge in [-0.25, -0.2) is 4.79 Å². The van der Waals surface area contributed by atoms with Gasteiger partial charge in [-0.15, -0.1) is 6.58 Å². The highest BCUT2D eigenvalue weighted by Gasteiger charge is 2.70. The van der Waals surface area contributed by atoms with Crippen LogP contribution in [0.2, 0.25) is 0 Å². The van der Waals surface area contributed by atoms with E-state index < -0.39 is 70.3 Å². The maximum atomic E-state index is 14.0. The van der Waals surface area contributed by atoms with Crippen molar-refractivity contribution in [1.82, 2.24) is 20.9 Å². The molecule has 0 aromatic heterocycles. The molecule has 5 atom stereocenters. The van der Waals surface area contributed by atoms with Crippen LogP contribution in [0.1, 0.15) is 89.0 Å². The second-order valence-electron chi connectivity index (χ2n) is 15.4. The van der Waals surface area contributed by atoms with Gasteiger partial charge < -0.3 is 30.3 Å². The van der Waals surface area contributed by atoms with Crippen LogP contribution in [0, 0.1) is 22.7 Å². The molecule has 0 bridgehead atoms. The number of piperidine rings is 1. The van der Waals surface area contributed by atoms with Crippen LogP contribution < -0.4 is 16.0 Å². The number of likely N-dealkylation sites (tertiary alicyclic amines) is 1. The number of nitrogens with zero attached hydrogens (tertiary/aromatic N) is 1. The van der Waals surface area contributed by atoms with E-state index in [0.29, 0.717) is 6.54 Å². The van der Waals surface area contributed by atoms with Crippen molar-refractivity contribution in [2.45, 2.75) is 118 Å². The monoisotopic (exact) mass is 620 g/mol. The average molecular weight is 621 g/mol. The Hall–Kier alpha value is -3.44. The summed E-state index contributed by atoms with van der Waals surface area (Å²) >= 11 is 0. The third kappa shape index (κ3) is 9.53. The highest BCUT2D eigenvalue weighted by atomic mass is 16.6. The van der Waals surface area contributed by atoms with Crippen molar-refractivity contribution in [3.63, 3.8) is 0 Å². The number of nitrogens with one attached hydrogen (secondary N) is 3. The molecule has 44 heavy (non-hydrogen) atoms. The maximum absolute atomic E-state index is 14.0. The zero-order valence-corrected chi connectivity index (χ0v) is 28.2. The van der Waals surface area contributed by atoms with Gasteiger partial charge in [0.05, 0.1) is 6.42 Å². The summed E-state index contributed by atoms with van der Waals surface area (Å²) in [6.07, 6.45) is 0.523. The Balaban J connectivity index is 2.20. The topological polar surface area (TPSA) is 160 Å². The number of carbonyl (C=O) groups is 6. The lowest BCUT2D eigenvalue weighted by Crippen LogP contribution is -2.60. The lowest BCUT2D eigenvalue weighted by atomic mass is 9.85. The Morgan fingerprint density at radius 3 is 2.00 bits per heavy atom. The normalized spacial score (nSPS) is 22.1. The fourth-order valence-electron chi connectivity index (χ4n) is 5.62. The minimum Gasteiger partial charge on any atom is -0.460 e. The third-order valence-corrected chi connectivity index (χ3v) is 7.83. The van der Waals surface area contributed by atoms with E-state index in [1.54, 1.807) is 41.5 Å². The first-order valence-electron chi connectivity index (χ1n) is 15.2. The quantitative estimate of drug-likeness (QED) is 0.181. The van der Waals surface area contributed by atoms with E-state index in [4.69, 9.17) is 9.47 Å². The van der Waals surface area contributed by atoms with Gasteiger partial charge >= 0.3 is 12.1 Å². The van der Waals surface area contributed by atoms with Crippen molar-refractivity contribution >= 4 is 35.6 Å². The van der Waals surface area contributed by atoms with Crippen LogP contribution in [0.15, 0.2) is 12.7 Å². The van der Waals surface area contributed by atoms with Gasteiger partial charge in [-0.2, -0.15) is 0 Å². The number of amides is 4. The molecule has 12 heteroatoms. The molecule has 1 saturated carbocycles. The van der Waals surface area contributed by atoms with E-state index in [2.05, 4.69) is 22.5 Å². The van der Waals surface area contributed by atoms with Crippen molar-refractivity contribution in [2.24, 2.45) is 22.7 Å². The van der Waals surface area contributed by atoms with E-state index in [-0.39, 0.29) is 36.6 Å². The zero-order chi connectivity index (χ0) is 34.0. The number of carbonyl (C=O) groups excluding carboxylic acids is 6. The third-order valence-electron chi connectivity index (χ3n) is 7.83.